The fourth-order valence-electron chi connectivity index (χ4n) is 2.93. The minimum absolute atomic E-state index is 0.00354. The van der Waals surface area contributed by atoms with Gasteiger partial charge in [-0.25, -0.2) is 0 Å². The van der Waals surface area contributed by atoms with Crippen molar-refractivity contribution < 1.29 is 9.59 Å². The Kier molecular flexibility index (Phi) is 7.18. The van der Waals surface area contributed by atoms with Crippen LogP contribution in [0.1, 0.15) is 72.3 Å². The Bertz CT molecular complexity index is 885. The number of aromatic nitrogens is 1. The molecule has 0 unspecified atom stereocenters. The molecule has 0 saturated heterocycles. The number of hydrogen-bond donors (Lipinski definition) is 1. The van der Waals surface area contributed by atoms with Crippen molar-refractivity contribution in [2.24, 2.45) is 5.92 Å². The maximum Gasteiger partial charge on any atom is 0.259 e. The fourth-order valence-corrected chi connectivity index (χ4v) is 3.66. The largest absolute Gasteiger partial charge is 0.350 e. The predicted octanol–water partition coefficient (Wildman–Crippen LogP) is 3.71. The van der Waals surface area contributed by atoms with Crippen LogP contribution in [-0.2, 0) is 0 Å². The smallest absolute Gasteiger partial charge is 0.259 e. The lowest BCUT2D eigenvalue weighted by molar-refractivity contribution is 0.0777. The molecule has 2 heterocycles. The molecule has 0 saturated carbocycles. The van der Waals surface area contributed by atoms with Crippen molar-refractivity contribution in [3.63, 3.8) is 0 Å². The zero-order valence-corrected chi connectivity index (χ0v) is 18.2. The highest BCUT2D eigenvalue weighted by molar-refractivity contribution is 7.10. The molecule has 0 bridgehead atoms. The van der Waals surface area contributed by atoms with Gasteiger partial charge in [0.05, 0.1) is 6.04 Å². The average molecular weight is 404 g/mol. The Labute approximate surface area is 170 Å². The molecule has 2 rings (SSSR count). The first-order chi connectivity index (χ1) is 13.1. The molecule has 1 atom stereocenters. The third kappa shape index (κ3) is 5.10. The monoisotopic (exact) mass is 403 g/mol. The molecule has 2 amide bonds. The molecule has 0 aromatic carbocycles. The standard InChI is InChI=1S/C21H29N3O3S/c1-13(2)10-23(6)21(27)17-12-24(14(3)4)11-16(19(17)25)20(26)22-15(5)18-8-7-9-28-18/h7-9,11-15H,10H2,1-6H3,(H,22,26)/t15-/m0/s1. The van der Waals surface area contributed by atoms with Gasteiger partial charge in [-0.2, -0.15) is 0 Å². The topological polar surface area (TPSA) is 71.4 Å². The molecule has 152 valence electrons. The molecular formula is C21H29N3O3S. The number of thiophene rings is 1. The van der Waals surface area contributed by atoms with Gasteiger partial charge in [-0.05, 0) is 38.1 Å². The molecule has 28 heavy (non-hydrogen) atoms. The Morgan fingerprint density at radius 2 is 1.79 bits per heavy atom. The summed E-state index contributed by atoms with van der Waals surface area (Å²) in [6.07, 6.45) is 3.08. The molecule has 6 nitrogen and oxygen atoms in total. The van der Waals surface area contributed by atoms with Crippen LogP contribution in [0.15, 0.2) is 34.7 Å². The number of nitrogens with one attached hydrogen (secondary N) is 1. The van der Waals surface area contributed by atoms with E-state index >= 15 is 0 Å². The van der Waals surface area contributed by atoms with Gasteiger partial charge in [0.15, 0.2) is 0 Å². The van der Waals surface area contributed by atoms with E-state index < -0.39 is 11.3 Å². The first-order valence-corrected chi connectivity index (χ1v) is 10.3. The quantitative estimate of drug-likeness (QED) is 0.766. The maximum atomic E-state index is 13.0. The van der Waals surface area contributed by atoms with Gasteiger partial charge in [-0.1, -0.05) is 19.9 Å². The number of amides is 2. The zero-order valence-electron chi connectivity index (χ0n) is 17.4. The van der Waals surface area contributed by atoms with Crippen LogP contribution in [0.5, 0.6) is 0 Å². The molecule has 0 aliphatic rings. The molecule has 0 spiro atoms. The van der Waals surface area contributed by atoms with Gasteiger partial charge in [-0.15, -0.1) is 11.3 Å². The van der Waals surface area contributed by atoms with Crippen LogP contribution in [0.2, 0.25) is 0 Å². The van der Waals surface area contributed by atoms with E-state index in [1.807, 2.05) is 52.1 Å². The van der Waals surface area contributed by atoms with E-state index in [1.54, 1.807) is 17.8 Å². The first-order valence-electron chi connectivity index (χ1n) is 9.47. The second kappa shape index (κ2) is 9.19. The minimum Gasteiger partial charge on any atom is -0.350 e. The van der Waals surface area contributed by atoms with E-state index in [9.17, 15) is 14.4 Å². The number of carbonyl (C=O) groups is 2. The Balaban J connectivity index is 2.41. The highest BCUT2D eigenvalue weighted by atomic mass is 32.1. The van der Waals surface area contributed by atoms with Crippen molar-refractivity contribution in [1.29, 1.82) is 0 Å². The van der Waals surface area contributed by atoms with Gasteiger partial charge in [0.2, 0.25) is 5.43 Å². The van der Waals surface area contributed by atoms with Gasteiger partial charge in [-0.3, -0.25) is 14.4 Å². The summed E-state index contributed by atoms with van der Waals surface area (Å²) in [5.74, 6) is -0.560. The second-order valence-corrected chi connectivity index (χ2v) is 8.72. The molecular weight excluding hydrogens is 374 g/mol. The Morgan fingerprint density at radius 1 is 1.14 bits per heavy atom. The summed E-state index contributed by atoms with van der Waals surface area (Å²) in [4.78, 5) is 41.2. The van der Waals surface area contributed by atoms with Crippen molar-refractivity contribution in [2.75, 3.05) is 13.6 Å². The fraction of sp³-hybridized carbons (Fsp3) is 0.476. The van der Waals surface area contributed by atoms with Crippen LogP contribution in [0.4, 0.5) is 0 Å². The van der Waals surface area contributed by atoms with E-state index in [4.69, 9.17) is 0 Å². The lowest BCUT2D eigenvalue weighted by Gasteiger charge is -2.21. The minimum atomic E-state index is -0.534. The molecule has 2 aromatic rings. The third-order valence-electron chi connectivity index (χ3n) is 4.42. The van der Waals surface area contributed by atoms with Crippen LogP contribution in [0.3, 0.4) is 0 Å². The van der Waals surface area contributed by atoms with Crippen molar-refractivity contribution in [3.05, 3.63) is 56.1 Å². The van der Waals surface area contributed by atoms with E-state index in [1.165, 1.54) is 22.4 Å². The van der Waals surface area contributed by atoms with Crippen molar-refractivity contribution in [1.82, 2.24) is 14.8 Å². The number of hydrogen-bond acceptors (Lipinski definition) is 4. The molecule has 0 fully saturated rings. The van der Waals surface area contributed by atoms with E-state index in [0.717, 1.165) is 4.88 Å². The summed E-state index contributed by atoms with van der Waals surface area (Å²) in [6.45, 7) is 10.3. The summed E-state index contributed by atoms with van der Waals surface area (Å²) in [5, 5.41) is 4.80. The second-order valence-electron chi connectivity index (χ2n) is 7.75. The lowest BCUT2D eigenvalue weighted by Crippen LogP contribution is -2.38. The Morgan fingerprint density at radius 3 is 2.32 bits per heavy atom. The van der Waals surface area contributed by atoms with E-state index in [-0.39, 0.29) is 35.0 Å². The van der Waals surface area contributed by atoms with Crippen LogP contribution in [0, 0.1) is 5.92 Å². The molecule has 1 N–H and O–H groups in total. The SMILES string of the molecule is CC(C)CN(C)C(=O)c1cn(C(C)C)cc(C(=O)N[C@@H](C)c2cccs2)c1=O. The zero-order chi connectivity index (χ0) is 21.0. The van der Waals surface area contributed by atoms with Crippen molar-refractivity contribution in [3.8, 4) is 0 Å². The van der Waals surface area contributed by atoms with Gasteiger partial charge < -0.3 is 14.8 Å². The summed E-state index contributed by atoms with van der Waals surface area (Å²) >= 11 is 1.54. The van der Waals surface area contributed by atoms with Gasteiger partial charge in [0.1, 0.15) is 11.1 Å². The molecule has 7 heteroatoms. The molecule has 0 aliphatic heterocycles. The van der Waals surface area contributed by atoms with Crippen molar-refractivity contribution in [2.45, 2.75) is 46.7 Å². The first kappa shape index (κ1) is 21.9. The van der Waals surface area contributed by atoms with Gasteiger partial charge in [0.25, 0.3) is 11.8 Å². The molecule has 2 aromatic heterocycles. The molecule has 0 aliphatic carbocycles. The van der Waals surface area contributed by atoms with Crippen LogP contribution >= 0.6 is 11.3 Å². The van der Waals surface area contributed by atoms with E-state index in [0.29, 0.717) is 6.54 Å². The molecule has 0 radical (unpaired) electrons. The summed E-state index contributed by atoms with van der Waals surface area (Å²) in [7, 11) is 1.67. The third-order valence-corrected chi connectivity index (χ3v) is 5.48. The van der Waals surface area contributed by atoms with Crippen LogP contribution in [-0.4, -0.2) is 34.9 Å². The van der Waals surface area contributed by atoms with Crippen molar-refractivity contribution >= 4 is 23.2 Å². The Hall–Kier alpha value is -2.41. The number of pyridine rings is 1. The maximum absolute atomic E-state index is 13.0. The number of rotatable bonds is 7. The average Bonchev–Trinajstić information content (AvgIpc) is 3.15. The summed E-state index contributed by atoms with van der Waals surface area (Å²) < 4.78 is 1.74. The normalized spacial score (nSPS) is 12.3. The van der Waals surface area contributed by atoms with Gasteiger partial charge >= 0.3 is 0 Å². The highest BCUT2D eigenvalue weighted by Crippen LogP contribution is 2.18. The van der Waals surface area contributed by atoms with Gasteiger partial charge in [0, 0.05) is 36.9 Å². The highest BCUT2D eigenvalue weighted by Gasteiger charge is 2.23. The van der Waals surface area contributed by atoms with Crippen LogP contribution in [0.25, 0.3) is 0 Å². The summed E-state index contributed by atoms with van der Waals surface area (Å²) in [6, 6.07) is 3.63. The lowest BCUT2D eigenvalue weighted by atomic mass is 10.1. The summed E-state index contributed by atoms with van der Waals surface area (Å²) in [5.41, 5.74) is -0.525. The number of nitrogens with zero attached hydrogens (tertiary/aromatic N) is 2. The number of carbonyl (C=O) groups excluding carboxylic acids is 2. The van der Waals surface area contributed by atoms with Crippen LogP contribution < -0.4 is 10.7 Å². The van der Waals surface area contributed by atoms with E-state index in [2.05, 4.69) is 5.32 Å². The predicted molar refractivity (Wildman–Crippen MR) is 113 cm³/mol.